The van der Waals surface area contributed by atoms with E-state index < -0.39 is 11.7 Å². The molecular formula is C17H17FN2O4. The lowest BCUT2D eigenvalue weighted by Gasteiger charge is -2.07. The number of hydrogen-bond acceptors (Lipinski definition) is 5. The number of methoxy groups -OCH3 is 2. The van der Waals surface area contributed by atoms with E-state index in [4.69, 9.17) is 14.2 Å². The molecule has 0 aliphatic heterocycles. The van der Waals surface area contributed by atoms with Crippen LogP contribution in [-0.2, 0) is 4.79 Å². The largest absolute Gasteiger partial charge is 0.497 e. The van der Waals surface area contributed by atoms with Crippen LogP contribution in [0.15, 0.2) is 47.6 Å². The molecule has 0 aliphatic carbocycles. The molecule has 2 aromatic carbocycles. The van der Waals surface area contributed by atoms with E-state index in [-0.39, 0.29) is 12.4 Å². The van der Waals surface area contributed by atoms with Crippen molar-refractivity contribution < 1.29 is 23.4 Å². The number of amides is 1. The van der Waals surface area contributed by atoms with Gasteiger partial charge in [-0.1, -0.05) is 6.07 Å². The van der Waals surface area contributed by atoms with Gasteiger partial charge in [0.2, 0.25) is 0 Å². The van der Waals surface area contributed by atoms with Gasteiger partial charge in [-0.25, -0.2) is 9.82 Å². The lowest BCUT2D eigenvalue weighted by molar-refractivity contribution is -0.123. The van der Waals surface area contributed by atoms with Crippen molar-refractivity contribution in [2.45, 2.75) is 0 Å². The number of carbonyl (C=O) groups excluding carboxylic acids is 1. The maximum absolute atomic E-state index is 13.0. The highest BCUT2D eigenvalue weighted by atomic mass is 19.1. The molecule has 0 radical (unpaired) electrons. The highest BCUT2D eigenvalue weighted by Crippen LogP contribution is 2.22. The monoisotopic (exact) mass is 332 g/mol. The number of halogens is 1. The summed E-state index contributed by atoms with van der Waals surface area (Å²) in [6.07, 6.45) is 1.44. The van der Waals surface area contributed by atoms with Crippen LogP contribution in [0.1, 0.15) is 5.56 Å². The molecule has 126 valence electrons. The summed E-state index contributed by atoms with van der Waals surface area (Å²) in [4.78, 5) is 11.7. The smallest absolute Gasteiger partial charge is 0.277 e. The van der Waals surface area contributed by atoms with Crippen molar-refractivity contribution in [3.63, 3.8) is 0 Å². The van der Waals surface area contributed by atoms with Gasteiger partial charge in [-0.2, -0.15) is 5.10 Å². The summed E-state index contributed by atoms with van der Waals surface area (Å²) in [6.45, 7) is -0.277. The van der Waals surface area contributed by atoms with Gasteiger partial charge in [0.1, 0.15) is 23.1 Å². The van der Waals surface area contributed by atoms with Crippen LogP contribution in [0, 0.1) is 5.82 Å². The van der Waals surface area contributed by atoms with Crippen molar-refractivity contribution in [1.29, 1.82) is 0 Å². The average molecular weight is 332 g/mol. The maximum atomic E-state index is 13.0. The first-order valence-electron chi connectivity index (χ1n) is 7.04. The summed E-state index contributed by atoms with van der Waals surface area (Å²) in [5.74, 6) is 0.575. The lowest BCUT2D eigenvalue weighted by atomic mass is 10.2. The van der Waals surface area contributed by atoms with Crippen LogP contribution in [0.5, 0.6) is 17.2 Å². The predicted octanol–water partition coefficient (Wildman–Crippen LogP) is 2.37. The van der Waals surface area contributed by atoms with Gasteiger partial charge >= 0.3 is 0 Å². The molecule has 0 fully saturated rings. The number of ether oxygens (including phenoxy) is 3. The molecule has 1 amide bonds. The van der Waals surface area contributed by atoms with E-state index in [1.54, 1.807) is 31.4 Å². The number of nitrogens with one attached hydrogen (secondary N) is 1. The highest BCUT2D eigenvalue weighted by molar-refractivity contribution is 5.85. The third kappa shape index (κ3) is 4.98. The second kappa shape index (κ2) is 8.52. The fourth-order valence-corrected chi connectivity index (χ4v) is 1.84. The molecule has 0 unspecified atom stereocenters. The van der Waals surface area contributed by atoms with Crippen LogP contribution in [0.3, 0.4) is 0 Å². The summed E-state index contributed by atoms with van der Waals surface area (Å²) in [6, 6.07) is 10.7. The van der Waals surface area contributed by atoms with E-state index in [9.17, 15) is 9.18 Å². The molecule has 2 rings (SSSR count). The molecule has 0 bridgehead atoms. The predicted molar refractivity (Wildman–Crippen MR) is 87.2 cm³/mol. The number of carbonyl (C=O) groups is 1. The Kier molecular flexibility index (Phi) is 6.13. The molecule has 0 atom stereocenters. The average Bonchev–Trinajstić information content (AvgIpc) is 2.60. The molecule has 7 heteroatoms. The van der Waals surface area contributed by atoms with E-state index in [1.165, 1.54) is 31.5 Å². The van der Waals surface area contributed by atoms with Gasteiger partial charge in [-0.15, -0.1) is 0 Å². The third-order valence-electron chi connectivity index (χ3n) is 3.00. The van der Waals surface area contributed by atoms with Gasteiger partial charge in [0.15, 0.2) is 6.61 Å². The molecule has 0 heterocycles. The van der Waals surface area contributed by atoms with E-state index in [0.717, 1.165) is 0 Å². The summed E-state index contributed by atoms with van der Waals surface area (Å²) in [7, 11) is 3.08. The number of hydrogen-bond donors (Lipinski definition) is 1. The second-order valence-corrected chi connectivity index (χ2v) is 4.65. The quantitative estimate of drug-likeness (QED) is 0.624. The minimum atomic E-state index is -0.469. The van der Waals surface area contributed by atoms with Crippen LogP contribution in [-0.4, -0.2) is 32.9 Å². The fraction of sp³-hybridized carbons (Fsp3) is 0.176. The SMILES string of the molecule is COc1ccc(/C=N\NC(=O)COc2cccc(F)c2)c(OC)c1. The van der Waals surface area contributed by atoms with Crippen molar-refractivity contribution in [2.24, 2.45) is 5.10 Å². The summed E-state index contributed by atoms with van der Waals surface area (Å²) in [5.41, 5.74) is 2.99. The zero-order chi connectivity index (χ0) is 17.4. The van der Waals surface area contributed by atoms with Gasteiger partial charge in [-0.3, -0.25) is 4.79 Å². The van der Waals surface area contributed by atoms with Crippen molar-refractivity contribution in [1.82, 2.24) is 5.43 Å². The van der Waals surface area contributed by atoms with Gasteiger partial charge in [0.25, 0.3) is 5.91 Å². The van der Waals surface area contributed by atoms with E-state index in [0.29, 0.717) is 17.1 Å². The zero-order valence-electron chi connectivity index (χ0n) is 13.3. The van der Waals surface area contributed by atoms with Gasteiger partial charge in [0, 0.05) is 17.7 Å². The van der Waals surface area contributed by atoms with Crippen molar-refractivity contribution in [2.75, 3.05) is 20.8 Å². The zero-order valence-corrected chi connectivity index (χ0v) is 13.3. The third-order valence-corrected chi connectivity index (χ3v) is 3.00. The topological polar surface area (TPSA) is 69.2 Å². The van der Waals surface area contributed by atoms with Gasteiger partial charge in [-0.05, 0) is 24.3 Å². The van der Waals surface area contributed by atoms with Crippen molar-refractivity contribution >= 4 is 12.1 Å². The Morgan fingerprint density at radius 2 is 2.00 bits per heavy atom. The normalized spacial score (nSPS) is 10.5. The van der Waals surface area contributed by atoms with E-state index in [2.05, 4.69) is 10.5 Å². The van der Waals surface area contributed by atoms with E-state index in [1.807, 2.05) is 0 Å². The molecular weight excluding hydrogens is 315 g/mol. The van der Waals surface area contributed by atoms with Crippen LogP contribution in [0.2, 0.25) is 0 Å². The molecule has 6 nitrogen and oxygen atoms in total. The summed E-state index contributed by atoms with van der Waals surface area (Å²) >= 11 is 0. The lowest BCUT2D eigenvalue weighted by Crippen LogP contribution is -2.24. The minimum Gasteiger partial charge on any atom is -0.497 e. The molecule has 2 aromatic rings. The number of rotatable bonds is 7. The Hall–Kier alpha value is -3.09. The molecule has 1 N–H and O–H groups in total. The Balaban J connectivity index is 1.88. The van der Waals surface area contributed by atoms with Crippen LogP contribution in [0.25, 0.3) is 0 Å². The molecule has 0 saturated heterocycles. The first-order valence-corrected chi connectivity index (χ1v) is 7.04. The van der Waals surface area contributed by atoms with Gasteiger partial charge in [0.05, 0.1) is 20.4 Å². The van der Waals surface area contributed by atoms with Gasteiger partial charge < -0.3 is 14.2 Å². The standard InChI is InChI=1S/C17H17FN2O4/c1-22-14-7-6-12(16(9-14)23-2)10-19-20-17(21)11-24-15-5-3-4-13(18)8-15/h3-10H,11H2,1-2H3,(H,20,21)/b19-10-. The molecule has 0 aromatic heterocycles. The van der Waals surface area contributed by atoms with Crippen molar-refractivity contribution in [3.8, 4) is 17.2 Å². The van der Waals surface area contributed by atoms with Crippen LogP contribution in [0.4, 0.5) is 4.39 Å². The summed E-state index contributed by atoms with van der Waals surface area (Å²) in [5, 5.41) is 3.84. The molecule has 0 saturated carbocycles. The first kappa shape index (κ1) is 17.3. The van der Waals surface area contributed by atoms with Crippen LogP contribution >= 0.6 is 0 Å². The molecule has 0 aliphatic rings. The van der Waals surface area contributed by atoms with Crippen LogP contribution < -0.4 is 19.6 Å². The molecule has 24 heavy (non-hydrogen) atoms. The Labute approximate surface area is 138 Å². The highest BCUT2D eigenvalue weighted by Gasteiger charge is 2.04. The maximum Gasteiger partial charge on any atom is 0.277 e. The second-order valence-electron chi connectivity index (χ2n) is 4.65. The fourth-order valence-electron chi connectivity index (χ4n) is 1.84. The molecule has 0 spiro atoms. The van der Waals surface area contributed by atoms with E-state index >= 15 is 0 Å². The first-order chi connectivity index (χ1) is 11.6. The number of benzene rings is 2. The summed E-state index contributed by atoms with van der Waals surface area (Å²) < 4.78 is 28.5. The Morgan fingerprint density at radius 3 is 2.71 bits per heavy atom. The number of nitrogens with zero attached hydrogens (tertiary/aromatic N) is 1. The minimum absolute atomic E-state index is 0.269. The Bertz CT molecular complexity index is 734. The number of hydrazone groups is 1. The van der Waals surface area contributed by atoms with Crippen molar-refractivity contribution in [3.05, 3.63) is 53.8 Å². The Morgan fingerprint density at radius 1 is 1.17 bits per heavy atom.